The van der Waals surface area contributed by atoms with Gasteiger partial charge in [0, 0.05) is 13.1 Å². The molecule has 2 rings (SSSR count). The Balaban J connectivity index is 1.85. The van der Waals surface area contributed by atoms with Crippen LogP contribution in [0.25, 0.3) is 0 Å². The molecule has 1 heterocycles. The van der Waals surface area contributed by atoms with Crippen molar-refractivity contribution in [2.45, 2.75) is 45.3 Å². The fourth-order valence-corrected chi connectivity index (χ4v) is 2.36. The summed E-state index contributed by atoms with van der Waals surface area (Å²) in [5.41, 5.74) is 0. The minimum atomic E-state index is -0.271. The standard InChI is InChI=1S/C16H25NO2/c1-3-4-5-15(18)11-17(10-14-7-8-14)12-16-9-6-13(2)19-16/h3,6,9,14-15,18H,1,4-5,7-8,10-12H2,2H3. The SMILES string of the molecule is C=CCCC(O)CN(Cc1ccc(C)o1)CC1CC1. The van der Waals surface area contributed by atoms with E-state index >= 15 is 0 Å². The van der Waals surface area contributed by atoms with Crippen molar-refractivity contribution in [2.24, 2.45) is 5.92 Å². The van der Waals surface area contributed by atoms with E-state index in [-0.39, 0.29) is 6.10 Å². The van der Waals surface area contributed by atoms with Crippen molar-refractivity contribution in [2.75, 3.05) is 13.1 Å². The molecule has 106 valence electrons. The van der Waals surface area contributed by atoms with Crippen molar-refractivity contribution in [1.29, 1.82) is 0 Å². The molecule has 1 fully saturated rings. The smallest absolute Gasteiger partial charge is 0.118 e. The van der Waals surface area contributed by atoms with E-state index in [0.717, 1.165) is 49.9 Å². The van der Waals surface area contributed by atoms with Gasteiger partial charge in [0.25, 0.3) is 0 Å². The molecule has 1 saturated carbocycles. The molecule has 0 bridgehead atoms. The third kappa shape index (κ3) is 5.21. The lowest BCUT2D eigenvalue weighted by molar-refractivity contribution is 0.0956. The summed E-state index contributed by atoms with van der Waals surface area (Å²) in [7, 11) is 0. The van der Waals surface area contributed by atoms with Crippen LogP contribution in [0.2, 0.25) is 0 Å². The van der Waals surface area contributed by atoms with E-state index in [2.05, 4.69) is 11.5 Å². The maximum atomic E-state index is 10.0. The highest BCUT2D eigenvalue weighted by atomic mass is 16.3. The van der Waals surface area contributed by atoms with Crippen LogP contribution in [0.3, 0.4) is 0 Å². The van der Waals surface area contributed by atoms with Gasteiger partial charge in [0.1, 0.15) is 11.5 Å². The Morgan fingerprint density at radius 1 is 1.53 bits per heavy atom. The van der Waals surface area contributed by atoms with Gasteiger partial charge in [0.2, 0.25) is 0 Å². The Hall–Kier alpha value is -1.06. The topological polar surface area (TPSA) is 36.6 Å². The van der Waals surface area contributed by atoms with E-state index in [1.807, 2.05) is 25.1 Å². The number of aliphatic hydroxyl groups excluding tert-OH is 1. The van der Waals surface area contributed by atoms with Crippen LogP contribution < -0.4 is 0 Å². The molecule has 1 unspecified atom stereocenters. The van der Waals surface area contributed by atoms with Gasteiger partial charge in [-0.05, 0) is 50.7 Å². The molecule has 0 aromatic carbocycles. The zero-order valence-electron chi connectivity index (χ0n) is 11.8. The number of nitrogens with zero attached hydrogens (tertiary/aromatic N) is 1. The van der Waals surface area contributed by atoms with E-state index in [0.29, 0.717) is 0 Å². The Morgan fingerprint density at radius 3 is 2.89 bits per heavy atom. The van der Waals surface area contributed by atoms with Crippen molar-refractivity contribution >= 4 is 0 Å². The van der Waals surface area contributed by atoms with Gasteiger partial charge < -0.3 is 9.52 Å². The van der Waals surface area contributed by atoms with Crippen LogP contribution in [0.5, 0.6) is 0 Å². The van der Waals surface area contributed by atoms with Crippen LogP contribution in [0, 0.1) is 12.8 Å². The second-order valence-electron chi connectivity index (χ2n) is 5.67. The molecule has 1 aliphatic rings. The summed E-state index contributed by atoms with van der Waals surface area (Å²) in [6.45, 7) is 8.27. The number of hydrogen-bond acceptors (Lipinski definition) is 3. The lowest BCUT2D eigenvalue weighted by Crippen LogP contribution is -2.33. The van der Waals surface area contributed by atoms with Crippen molar-refractivity contribution in [3.63, 3.8) is 0 Å². The maximum absolute atomic E-state index is 10.0. The molecule has 1 aliphatic carbocycles. The lowest BCUT2D eigenvalue weighted by Gasteiger charge is -2.24. The molecule has 3 nitrogen and oxygen atoms in total. The molecule has 0 saturated heterocycles. The molecule has 0 aliphatic heterocycles. The van der Waals surface area contributed by atoms with Gasteiger partial charge in [-0.3, -0.25) is 4.90 Å². The van der Waals surface area contributed by atoms with Gasteiger partial charge in [-0.1, -0.05) is 6.08 Å². The van der Waals surface area contributed by atoms with E-state index in [1.54, 1.807) is 0 Å². The van der Waals surface area contributed by atoms with E-state index < -0.39 is 0 Å². The van der Waals surface area contributed by atoms with Crippen molar-refractivity contribution in [3.8, 4) is 0 Å². The fraction of sp³-hybridized carbons (Fsp3) is 0.625. The summed E-state index contributed by atoms with van der Waals surface area (Å²) in [6, 6.07) is 4.03. The molecule has 1 atom stereocenters. The first-order chi connectivity index (χ1) is 9.17. The van der Waals surface area contributed by atoms with Crippen LogP contribution in [-0.2, 0) is 6.54 Å². The molecule has 1 aromatic rings. The van der Waals surface area contributed by atoms with Gasteiger partial charge in [-0.2, -0.15) is 0 Å². The van der Waals surface area contributed by atoms with Crippen molar-refractivity contribution in [3.05, 3.63) is 36.3 Å². The number of rotatable bonds is 9. The molecule has 19 heavy (non-hydrogen) atoms. The highest BCUT2D eigenvalue weighted by molar-refractivity contribution is 5.05. The normalized spacial score (nSPS) is 16.8. The highest BCUT2D eigenvalue weighted by Gasteiger charge is 2.25. The molecule has 0 radical (unpaired) electrons. The van der Waals surface area contributed by atoms with Crippen molar-refractivity contribution in [1.82, 2.24) is 4.90 Å². The Morgan fingerprint density at radius 2 is 2.32 bits per heavy atom. The summed E-state index contributed by atoms with van der Waals surface area (Å²) in [5, 5.41) is 10.0. The van der Waals surface area contributed by atoms with E-state index in [9.17, 15) is 5.11 Å². The summed E-state index contributed by atoms with van der Waals surface area (Å²) < 4.78 is 5.64. The van der Waals surface area contributed by atoms with Crippen molar-refractivity contribution < 1.29 is 9.52 Å². The molecule has 1 aromatic heterocycles. The van der Waals surface area contributed by atoms with Crippen LogP contribution in [0.4, 0.5) is 0 Å². The molecular formula is C16H25NO2. The van der Waals surface area contributed by atoms with Gasteiger partial charge in [-0.25, -0.2) is 0 Å². The number of hydrogen-bond donors (Lipinski definition) is 1. The maximum Gasteiger partial charge on any atom is 0.118 e. The van der Waals surface area contributed by atoms with E-state index in [1.165, 1.54) is 12.8 Å². The first-order valence-electron chi connectivity index (χ1n) is 7.24. The van der Waals surface area contributed by atoms with Crippen LogP contribution in [0.1, 0.15) is 37.2 Å². The number of allylic oxidation sites excluding steroid dienone is 1. The number of furan rings is 1. The Kier molecular flexibility index (Phi) is 5.23. The monoisotopic (exact) mass is 263 g/mol. The predicted molar refractivity (Wildman–Crippen MR) is 76.9 cm³/mol. The van der Waals surface area contributed by atoms with Crippen LogP contribution in [-0.4, -0.2) is 29.2 Å². The van der Waals surface area contributed by atoms with Gasteiger partial charge in [-0.15, -0.1) is 6.58 Å². The van der Waals surface area contributed by atoms with Gasteiger partial charge >= 0.3 is 0 Å². The quantitative estimate of drug-likeness (QED) is 0.695. The molecule has 1 N–H and O–H groups in total. The molecule has 3 heteroatoms. The first kappa shape index (κ1) is 14.4. The average Bonchev–Trinajstić information content (AvgIpc) is 3.08. The zero-order valence-corrected chi connectivity index (χ0v) is 11.8. The van der Waals surface area contributed by atoms with Crippen LogP contribution >= 0.6 is 0 Å². The second kappa shape index (κ2) is 6.92. The van der Waals surface area contributed by atoms with Gasteiger partial charge in [0.05, 0.1) is 12.6 Å². The van der Waals surface area contributed by atoms with Gasteiger partial charge in [0.15, 0.2) is 0 Å². The minimum Gasteiger partial charge on any atom is -0.465 e. The zero-order chi connectivity index (χ0) is 13.7. The summed E-state index contributed by atoms with van der Waals surface area (Å²) >= 11 is 0. The molecule has 0 amide bonds. The first-order valence-corrected chi connectivity index (χ1v) is 7.24. The largest absolute Gasteiger partial charge is 0.465 e. The minimum absolute atomic E-state index is 0.271. The third-order valence-corrected chi connectivity index (χ3v) is 3.56. The average molecular weight is 263 g/mol. The number of aryl methyl sites for hydroxylation is 1. The third-order valence-electron chi connectivity index (χ3n) is 3.56. The van der Waals surface area contributed by atoms with Crippen LogP contribution in [0.15, 0.2) is 29.2 Å². The summed E-state index contributed by atoms with van der Waals surface area (Å²) in [6.07, 6.45) is 5.92. The fourth-order valence-electron chi connectivity index (χ4n) is 2.36. The molecular weight excluding hydrogens is 238 g/mol. The lowest BCUT2D eigenvalue weighted by atomic mass is 10.1. The summed E-state index contributed by atoms with van der Waals surface area (Å²) in [5.74, 6) is 2.77. The predicted octanol–water partition coefficient (Wildman–Crippen LogP) is 3.13. The Labute approximate surface area is 115 Å². The van der Waals surface area contributed by atoms with E-state index in [4.69, 9.17) is 4.42 Å². The summed E-state index contributed by atoms with van der Waals surface area (Å²) in [4.78, 5) is 2.32. The second-order valence-corrected chi connectivity index (χ2v) is 5.67. The molecule has 0 spiro atoms. The number of aliphatic hydroxyl groups is 1. The highest BCUT2D eigenvalue weighted by Crippen LogP contribution is 2.30. The Bertz CT molecular complexity index is 395.